The number of ether oxygens (including phenoxy) is 1. The first-order valence-electron chi connectivity index (χ1n) is 6.09. The molecule has 0 aromatic heterocycles. The lowest BCUT2D eigenvalue weighted by Crippen LogP contribution is -2.00. The van der Waals surface area contributed by atoms with E-state index in [0.717, 1.165) is 11.1 Å². The van der Waals surface area contributed by atoms with Crippen molar-refractivity contribution in [3.63, 3.8) is 0 Å². The first kappa shape index (κ1) is 13.1. The third kappa shape index (κ3) is 3.13. The number of ketones is 1. The van der Waals surface area contributed by atoms with Crippen LogP contribution in [0.4, 0.5) is 0 Å². The van der Waals surface area contributed by atoms with Gasteiger partial charge in [-0.1, -0.05) is 30.3 Å². The highest BCUT2D eigenvalue weighted by molar-refractivity contribution is 5.97. The van der Waals surface area contributed by atoms with Crippen LogP contribution in [0, 0.1) is 6.92 Å². The maximum Gasteiger partial charge on any atom is 0.163 e. The van der Waals surface area contributed by atoms with Gasteiger partial charge in [-0.3, -0.25) is 4.79 Å². The van der Waals surface area contributed by atoms with Crippen LogP contribution in [0.5, 0.6) is 11.5 Å². The minimum Gasteiger partial charge on any atom is -0.507 e. The number of hydrogen-bond acceptors (Lipinski definition) is 3. The Morgan fingerprint density at radius 2 is 1.89 bits per heavy atom. The highest BCUT2D eigenvalue weighted by Gasteiger charge is 2.11. The van der Waals surface area contributed by atoms with E-state index in [9.17, 15) is 9.90 Å². The average Bonchev–Trinajstić information content (AvgIpc) is 2.38. The molecule has 0 fully saturated rings. The summed E-state index contributed by atoms with van der Waals surface area (Å²) in [5, 5.41) is 9.70. The summed E-state index contributed by atoms with van der Waals surface area (Å²) in [4.78, 5) is 11.4. The number of carbonyl (C=O) groups excluding carboxylic acids is 1. The summed E-state index contributed by atoms with van der Waals surface area (Å²) in [7, 11) is 0. The summed E-state index contributed by atoms with van der Waals surface area (Å²) in [6.07, 6.45) is 0. The van der Waals surface area contributed by atoms with E-state index in [1.54, 1.807) is 12.1 Å². The summed E-state index contributed by atoms with van der Waals surface area (Å²) >= 11 is 0. The second-order valence-corrected chi connectivity index (χ2v) is 4.47. The number of phenols is 1. The molecule has 0 radical (unpaired) electrons. The first-order valence-corrected chi connectivity index (χ1v) is 6.09. The van der Waals surface area contributed by atoms with Crippen molar-refractivity contribution in [2.45, 2.75) is 20.5 Å². The van der Waals surface area contributed by atoms with Crippen LogP contribution < -0.4 is 4.74 Å². The van der Waals surface area contributed by atoms with Crippen molar-refractivity contribution in [1.29, 1.82) is 0 Å². The number of benzene rings is 2. The Morgan fingerprint density at radius 3 is 2.53 bits per heavy atom. The molecule has 0 aliphatic carbocycles. The molecule has 3 nitrogen and oxygen atoms in total. The molecule has 0 heterocycles. The maximum absolute atomic E-state index is 11.4. The number of hydrogen-bond donors (Lipinski definition) is 1. The number of rotatable bonds is 4. The normalized spacial score (nSPS) is 10.2. The molecule has 0 unspecified atom stereocenters. The molecule has 2 aromatic carbocycles. The summed E-state index contributed by atoms with van der Waals surface area (Å²) in [6, 6.07) is 12.9. The summed E-state index contributed by atoms with van der Waals surface area (Å²) in [5.41, 5.74) is 2.14. The lowest BCUT2D eigenvalue weighted by Gasteiger charge is -2.11. The molecule has 2 rings (SSSR count). The van der Waals surface area contributed by atoms with Gasteiger partial charge in [0.1, 0.15) is 18.1 Å². The number of Topliss-reactive ketones (excluding diaryl/α,β-unsaturated/α-hetero) is 1. The zero-order valence-electron chi connectivity index (χ0n) is 11.0. The minimum absolute atomic E-state index is 0.00272. The van der Waals surface area contributed by atoms with Gasteiger partial charge in [0.15, 0.2) is 5.78 Å². The molecule has 2 aromatic rings. The van der Waals surface area contributed by atoms with Crippen LogP contribution in [0.3, 0.4) is 0 Å². The lowest BCUT2D eigenvalue weighted by atomic mass is 10.1. The predicted molar refractivity (Wildman–Crippen MR) is 73.6 cm³/mol. The quantitative estimate of drug-likeness (QED) is 0.852. The topological polar surface area (TPSA) is 46.5 Å². The molecule has 0 saturated carbocycles. The first-order chi connectivity index (χ1) is 9.08. The van der Waals surface area contributed by atoms with Gasteiger partial charge < -0.3 is 9.84 Å². The highest BCUT2D eigenvalue weighted by Crippen LogP contribution is 2.28. The third-order valence-corrected chi connectivity index (χ3v) is 2.91. The average molecular weight is 256 g/mol. The lowest BCUT2D eigenvalue weighted by molar-refractivity contribution is 0.101. The van der Waals surface area contributed by atoms with Crippen molar-refractivity contribution in [3.8, 4) is 11.5 Å². The van der Waals surface area contributed by atoms with Gasteiger partial charge >= 0.3 is 0 Å². The molecular formula is C16H16O3. The Balaban J connectivity index is 2.21. The van der Waals surface area contributed by atoms with E-state index in [1.807, 2.05) is 37.3 Å². The van der Waals surface area contributed by atoms with Crippen LogP contribution in [0.1, 0.15) is 28.4 Å². The SMILES string of the molecule is CC(=O)c1cc(OCc2ccccc2)c(C)cc1O. The molecule has 98 valence electrons. The summed E-state index contributed by atoms with van der Waals surface area (Å²) in [5.74, 6) is 0.436. The van der Waals surface area contributed by atoms with Gasteiger partial charge in [0.2, 0.25) is 0 Å². The Labute approximate surface area is 112 Å². The maximum atomic E-state index is 11.4. The Kier molecular flexibility index (Phi) is 3.85. The Hall–Kier alpha value is -2.29. The fourth-order valence-corrected chi connectivity index (χ4v) is 1.85. The third-order valence-electron chi connectivity index (χ3n) is 2.91. The fraction of sp³-hybridized carbons (Fsp3) is 0.188. The van der Waals surface area contributed by atoms with Crippen molar-refractivity contribution in [3.05, 3.63) is 59.2 Å². The zero-order valence-corrected chi connectivity index (χ0v) is 11.0. The largest absolute Gasteiger partial charge is 0.507 e. The minimum atomic E-state index is -0.179. The van der Waals surface area contributed by atoms with Crippen molar-refractivity contribution >= 4 is 5.78 Å². The van der Waals surface area contributed by atoms with Crippen LogP contribution in [0.15, 0.2) is 42.5 Å². The van der Waals surface area contributed by atoms with Gasteiger partial charge in [-0.25, -0.2) is 0 Å². The number of phenolic OH excluding ortho intramolecular Hbond substituents is 1. The van der Waals surface area contributed by atoms with E-state index in [2.05, 4.69) is 0 Å². The van der Waals surface area contributed by atoms with E-state index >= 15 is 0 Å². The Bertz CT molecular complexity index is 588. The number of aromatic hydroxyl groups is 1. The number of aryl methyl sites for hydroxylation is 1. The molecule has 0 aliphatic rings. The van der Waals surface area contributed by atoms with Crippen molar-refractivity contribution in [2.75, 3.05) is 0 Å². The molecule has 0 atom stereocenters. The molecular weight excluding hydrogens is 240 g/mol. The fourth-order valence-electron chi connectivity index (χ4n) is 1.85. The van der Waals surface area contributed by atoms with E-state index in [0.29, 0.717) is 12.4 Å². The molecule has 19 heavy (non-hydrogen) atoms. The van der Waals surface area contributed by atoms with Gasteiger partial charge in [-0.2, -0.15) is 0 Å². The van der Waals surface area contributed by atoms with Crippen molar-refractivity contribution in [1.82, 2.24) is 0 Å². The Morgan fingerprint density at radius 1 is 1.21 bits per heavy atom. The van der Waals surface area contributed by atoms with Gasteiger partial charge in [0.05, 0.1) is 5.56 Å². The molecule has 0 saturated heterocycles. The van der Waals surface area contributed by atoms with Gasteiger partial charge in [-0.15, -0.1) is 0 Å². The summed E-state index contributed by atoms with van der Waals surface area (Å²) in [6.45, 7) is 3.69. The van der Waals surface area contributed by atoms with E-state index in [4.69, 9.17) is 4.74 Å². The van der Waals surface area contributed by atoms with Gasteiger partial charge in [0, 0.05) is 0 Å². The van der Waals surface area contributed by atoms with Crippen LogP contribution in [-0.2, 0) is 6.61 Å². The van der Waals surface area contributed by atoms with E-state index in [1.165, 1.54) is 6.92 Å². The highest BCUT2D eigenvalue weighted by atomic mass is 16.5. The van der Waals surface area contributed by atoms with Gasteiger partial charge in [-0.05, 0) is 37.1 Å². The van der Waals surface area contributed by atoms with E-state index in [-0.39, 0.29) is 17.1 Å². The van der Waals surface area contributed by atoms with Crippen molar-refractivity contribution in [2.24, 2.45) is 0 Å². The smallest absolute Gasteiger partial charge is 0.163 e. The number of carbonyl (C=O) groups is 1. The molecule has 0 spiro atoms. The standard InChI is InChI=1S/C16H16O3/c1-11-8-15(18)14(12(2)17)9-16(11)19-10-13-6-4-3-5-7-13/h3-9,18H,10H2,1-2H3. The zero-order chi connectivity index (χ0) is 13.8. The molecule has 0 amide bonds. The summed E-state index contributed by atoms with van der Waals surface area (Å²) < 4.78 is 5.71. The molecule has 1 N–H and O–H groups in total. The van der Waals surface area contributed by atoms with Gasteiger partial charge in [0.25, 0.3) is 0 Å². The van der Waals surface area contributed by atoms with Crippen LogP contribution in [0.2, 0.25) is 0 Å². The van der Waals surface area contributed by atoms with Crippen molar-refractivity contribution < 1.29 is 14.6 Å². The molecule has 0 aliphatic heterocycles. The van der Waals surface area contributed by atoms with Crippen LogP contribution in [0.25, 0.3) is 0 Å². The molecule has 3 heteroatoms. The molecule has 0 bridgehead atoms. The van der Waals surface area contributed by atoms with Crippen LogP contribution in [-0.4, -0.2) is 10.9 Å². The monoisotopic (exact) mass is 256 g/mol. The van der Waals surface area contributed by atoms with Crippen LogP contribution >= 0.6 is 0 Å². The predicted octanol–water partition coefficient (Wildman–Crippen LogP) is 3.48. The van der Waals surface area contributed by atoms with E-state index < -0.39 is 0 Å². The second-order valence-electron chi connectivity index (χ2n) is 4.47. The second kappa shape index (κ2) is 5.57.